The number of aliphatic hydroxyl groups is 1. The minimum atomic E-state index is -0.168. The highest BCUT2D eigenvalue weighted by atomic mass is 16.3. The third-order valence-electron chi connectivity index (χ3n) is 4.04. The van der Waals surface area contributed by atoms with Gasteiger partial charge < -0.3 is 20.2 Å². The number of rotatable bonds is 4. The first-order valence-electron chi connectivity index (χ1n) is 7.42. The van der Waals surface area contributed by atoms with Gasteiger partial charge in [0.05, 0.1) is 12.6 Å². The van der Waals surface area contributed by atoms with Crippen LogP contribution in [-0.4, -0.2) is 59.8 Å². The third kappa shape index (κ3) is 4.07. The quantitative estimate of drug-likeness (QED) is 0.871. The SMILES string of the molecule is CC(CO)N(C)C(=O)NC1CCN(c2ccccn2)CC1. The molecule has 116 valence electrons. The Kier molecular flexibility index (Phi) is 5.38. The van der Waals surface area contributed by atoms with E-state index in [1.54, 1.807) is 18.1 Å². The van der Waals surface area contributed by atoms with Gasteiger partial charge in [0, 0.05) is 32.4 Å². The highest BCUT2D eigenvalue weighted by Crippen LogP contribution is 2.17. The van der Waals surface area contributed by atoms with E-state index in [4.69, 9.17) is 5.11 Å². The Morgan fingerprint density at radius 2 is 2.24 bits per heavy atom. The molecule has 0 bridgehead atoms. The second-order valence-corrected chi connectivity index (χ2v) is 5.54. The van der Waals surface area contributed by atoms with Crippen LogP contribution >= 0.6 is 0 Å². The number of likely N-dealkylation sites (N-methyl/N-ethyl adjacent to an activating group) is 1. The van der Waals surface area contributed by atoms with Gasteiger partial charge in [0.1, 0.15) is 5.82 Å². The van der Waals surface area contributed by atoms with Gasteiger partial charge in [-0.1, -0.05) is 6.07 Å². The second-order valence-electron chi connectivity index (χ2n) is 5.54. The topological polar surface area (TPSA) is 68.7 Å². The van der Waals surface area contributed by atoms with Gasteiger partial charge in [-0.15, -0.1) is 0 Å². The standard InChI is InChI=1S/C15H24N4O2/c1-12(11-20)18(2)15(21)17-13-6-9-19(10-7-13)14-5-3-4-8-16-14/h3-5,8,12-13,20H,6-7,9-11H2,1-2H3,(H,17,21). The molecular formula is C15H24N4O2. The number of anilines is 1. The molecule has 0 spiro atoms. The van der Waals surface area contributed by atoms with Gasteiger partial charge in [-0.3, -0.25) is 0 Å². The van der Waals surface area contributed by atoms with Crippen molar-refractivity contribution in [3.8, 4) is 0 Å². The Hall–Kier alpha value is -1.82. The van der Waals surface area contributed by atoms with Crippen molar-refractivity contribution >= 4 is 11.8 Å². The fraction of sp³-hybridized carbons (Fsp3) is 0.600. The van der Waals surface area contributed by atoms with Crippen molar-refractivity contribution in [1.29, 1.82) is 0 Å². The predicted molar refractivity (Wildman–Crippen MR) is 82.3 cm³/mol. The fourth-order valence-electron chi connectivity index (χ4n) is 2.39. The summed E-state index contributed by atoms with van der Waals surface area (Å²) in [6, 6.07) is 5.81. The van der Waals surface area contributed by atoms with E-state index in [2.05, 4.69) is 15.2 Å². The number of hydrogen-bond acceptors (Lipinski definition) is 4. The van der Waals surface area contributed by atoms with Gasteiger partial charge in [-0.05, 0) is 31.9 Å². The summed E-state index contributed by atoms with van der Waals surface area (Å²) in [5.41, 5.74) is 0. The number of nitrogens with zero attached hydrogens (tertiary/aromatic N) is 3. The lowest BCUT2D eigenvalue weighted by Gasteiger charge is -2.34. The van der Waals surface area contributed by atoms with Gasteiger partial charge in [-0.2, -0.15) is 0 Å². The van der Waals surface area contributed by atoms with Crippen molar-refractivity contribution in [1.82, 2.24) is 15.2 Å². The molecule has 2 amide bonds. The predicted octanol–water partition coefficient (Wildman–Crippen LogP) is 1.07. The molecule has 1 aliphatic rings. The molecule has 1 aromatic rings. The van der Waals surface area contributed by atoms with Crippen LogP contribution in [0.2, 0.25) is 0 Å². The number of aromatic nitrogens is 1. The molecule has 2 rings (SSSR count). The van der Waals surface area contributed by atoms with E-state index in [0.717, 1.165) is 31.7 Å². The molecule has 1 aromatic heterocycles. The molecule has 0 aliphatic carbocycles. The lowest BCUT2D eigenvalue weighted by Crippen LogP contribution is -2.50. The Bertz CT molecular complexity index is 446. The van der Waals surface area contributed by atoms with Crippen LogP contribution in [0.3, 0.4) is 0 Å². The summed E-state index contributed by atoms with van der Waals surface area (Å²) in [6.45, 7) is 3.58. The van der Waals surface area contributed by atoms with Crippen molar-refractivity contribution in [3.05, 3.63) is 24.4 Å². The molecule has 6 heteroatoms. The van der Waals surface area contributed by atoms with Crippen LogP contribution in [-0.2, 0) is 0 Å². The third-order valence-corrected chi connectivity index (χ3v) is 4.04. The van der Waals surface area contributed by atoms with Gasteiger partial charge in [0.15, 0.2) is 0 Å². The average Bonchev–Trinajstić information content (AvgIpc) is 2.54. The molecule has 0 radical (unpaired) electrons. The summed E-state index contributed by atoms with van der Waals surface area (Å²) < 4.78 is 0. The number of urea groups is 1. The van der Waals surface area contributed by atoms with E-state index in [1.807, 2.05) is 25.1 Å². The van der Waals surface area contributed by atoms with Gasteiger partial charge >= 0.3 is 6.03 Å². The zero-order valence-corrected chi connectivity index (χ0v) is 12.7. The number of pyridine rings is 1. The zero-order chi connectivity index (χ0) is 15.2. The Balaban J connectivity index is 1.80. The molecule has 2 heterocycles. The van der Waals surface area contributed by atoms with E-state index in [0.29, 0.717) is 0 Å². The largest absolute Gasteiger partial charge is 0.394 e. The summed E-state index contributed by atoms with van der Waals surface area (Å²) in [7, 11) is 1.71. The van der Waals surface area contributed by atoms with Gasteiger partial charge in [0.2, 0.25) is 0 Å². The normalized spacial score (nSPS) is 17.4. The Labute approximate surface area is 125 Å². The van der Waals surface area contributed by atoms with Crippen LogP contribution in [0, 0.1) is 0 Å². The summed E-state index contributed by atoms with van der Waals surface area (Å²) in [4.78, 5) is 20.2. The summed E-state index contributed by atoms with van der Waals surface area (Å²) in [6.07, 6.45) is 3.61. The van der Waals surface area contributed by atoms with Crippen LogP contribution in [0.4, 0.5) is 10.6 Å². The second kappa shape index (κ2) is 7.26. The molecule has 1 atom stereocenters. The zero-order valence-electron chi connectivity index (χ0n) is 12.7. The number of aliphatic hydroxyl groups excluding tert-OH is 1. The highest BCUT2D eigenvalue weighted by molar-refractivity contribution is 5.74. The number of piperidine rings is 1. The van der Waals surface area contributed by atoms with Gasteiger partial charge in [-0.25, -0.2) is 9.78 Å². The van der Waals surface area contributed by atoms with E-state index in [-0.39, 0.29) is 24.7 Å². The lowest BCUT2D eigenvalue weighted by atomic mass is 10.1. The smallest absolute Gasteiger partial charge is 0.317 e. The first kappa shape index (κ1) is 15.6. The van der Waals surface area contributed by atoms with Crippen LogP contribution in [0.15, 0.2) is 24.4 Å². The highest BCUT2D eigenvalue weighted by Gasteiger charge is 2.23. The minimum absolute atomic E-state index is 0.0258. The van der Waals surface area contributed by atoms with Crippen molar-refractivity contribution in [2.24, 2.45) is 0 Å². The van der Waals surface area contributed by atoms with E-state index >= 15 is 0 Å². The van der Waals surface area contributed by atoms with Crippen LogP contribution in [0.5, 0.6) is 0 Å². The van der Waals surface area contributed by atoms with E-state index < -0.39 is 0 Å². The molecule has 2 N–H and O–H groups in total. The van der Waals surface area contributed by atoms with Crippen molar-refractivity contribution in [2.75, 3.05) is 31.6 Å². The summed E-state index contributed by atoms with van der Waals surface area (Å²) >= 11 is 0. The first-order valence-corrected chi connectivity index (χ1v) is 7.42. The molecule has 6 nitrogen and oxygen atoms in total. The molecule has 0 saturated carbocycles. The van der Waals surface area contributed by atoms with E-state index in [1.165, 1.54) is 0 Å². The van der Waals surface area contributed by atoms with E-state index in [9.17, 15) is 4.79 Å². The Morgan fingerprint density at radius 1 is 1.52 bits per heavy atom. The summed E-state index contributed by atoms with van der Waals surface area (Å²) in [5.74, 6) is 0.994. The van der Waals surface area contributed by atoms with Crippen molar-refractivity contribution < 1.29 is 9.90 Å². The number of carbonyl (C=O) groups excluding carboxylic acids is 1. The number of carbonyl (C=O) groups is 1. The maximum atomic E-state index is 12.0. The fourth-order valence-corrected chi connectivity index (χ4v) is 2.39. The molecule has 1 saturated heterocycles. The molecular weight excluding hydrogens is 268 g/mol. The number of hydrogen-bond donors (Lipinski definition) is 2. The maximum absolute atomic E-state index is 12.0. The molecule has 1 aliphatic heterocycles. The Morgan fingerprint density at radius 3 is 2.81 bits per heavy atom. The number of amides is 2. The summed E-state index contributed by atoms with van der Waals surface area (Å²) in [5, 5.41) is 12.1. The average molecular weight is 292 g/mol. The monoisotopic (exact) mass is 292 g/mol. The molecule has 1 fully saturated rings. The maximum Gasteiger partial charge on any atom is 0.317 e. The van der Waals surface area contributed by atoms with Crippen molar-refractivity contribution in [3.63, 3.8) is 0 Å². The van der Waals surface area contributed by atoms with Gasteiger partial charge in [0.25, 0.3) is 0 Å². The number of nitrogens with one attached hydrogen (secondary N) is 1. The van der Waals surface area contributed by atoms with Crippen LogP contribution in [0.1, 0.15) is 19.8 Å². The van der Waals surface area contributed by atoms with Crippen LogP contribution in [0.25, 0.3) is 0 Å². The first-order chi connectivity index (χ1) is 10.1. The minimum Gasteiger partial charge on any atom is -0.394 e. The van der Waals surface area contributed by atoms with Crippen LogP contribution < -0.4 is 10.2 Å². The lowest BCUT2D eigenvalue weighted by molar-refractivity contribution is 0.153. The molecule has 0 aromatic carbocycles. The molecule has 21 heavy (non-hydrogen) atoms. The van der Waals surface area contributed by atoms with Crippen molar-refractivity contribution in [2.45, 2.75) is 31.8 Å². The molecule has 1 unspecified atom stereocenters.